The Morgan fingerprint density at radius 1 is 0.939 bits per heavy atom. The van der Waals surface area contributed by atoms with E-state index in [1.165, 1.54) is 0 Å². The van der Waals surface area contributed by atoms with Crippen LogP contribution in [0.25, 0.3) is 0 Å². The molecule has 0 fully saturated rings. The molecule has 3 rings (SSSR count). The number of carbonyl (C=O) groups is 2. The van der Waals surface area contributed by atoms with E-state index >= 15 is 0 Å². The Morgan fingerprint density at radius 3 is 2.27 bits per heavy atom. The second-order valence-corrected chi connectivity index (χ2v) is 8.08. The van der Waals surface area contributed by atoms with Crippen molar-refractivity contribution in [1.29, 1.82) is 0 Å². The fourth-order valence-electron chi connectivity index (χ4n) is 3.55. The molecule has 0 aliphatic rings. The minimum absolute atomic E-state index is 0.168. The van der Waals surface area contributed by atoms with Crippen molar-refractivity contribution >= 4 is 17.4 Å². The number of hydrogen-bond donors (Lipinski definition) is 2. The maximum Gasteiger partial charge on any atom is 0.335 e. The Morgan fingerprint density at radius 2 is 1.64 bits per heavy atom. The van der Waals surface area contributed by atoms with Crippen molar-refractivity contribution in [1.82, 2.24) is 0 Å². The van der Waals surface area contributed by atoms with Gasteiger partial charge in [0.25, 0.3) is 0 Å². The highest BCUT2D eigenvalue weighted by Gasteiger charge is 2.17. The summed E-state index contributed by atoms with van der Waals surface area (Å²) in [6, 6.07) is 24.2. The number of aryl methyl sites for hydroxylation is 1. The summed E-state index contributed by atoms with van der Waals surface area (Å²) in [4.78, 5) is 24.0. The van der Waals surface area contributed by atoms with Gasteiger partial charge in [-0.2, -0.15) is 0 Å². The lowest BCUT2D eigenvalue weighted by molar-refractivity contribution is -0.119. The molecule has 3 aromatic rings. The number of nitrogens with one attached hydrogen (secondary N) is 1. The zero-order chi connectivity index (χ0) is 23.5. The maximum absolute atomic E-state index is 12.8. The first-order valence-corrected chi connectivity index (χ1v) is 11.4. The van der Waals surface area contributed by atoms with Crippen LogP contribution in [0.3, 0.4) is 0 Å². The number of benzene rings is 3. The Kier molecular flexibility index (Phi) is 9.07. The Hall–Kier alpha value is -3.60. The van der Waals surface area contributed by atoms with Gasteiger partial charge >= 0.3 is 5.97 Å². The molecule has 172 valence electrons. The summed E-state index contributed by atoms with van der Waals surface area (Å²) in [5.74, 6) is 0.0156. The number of carboxylic acids is 1. The topological polar surface area (TPSA) is 75.6 Å². The van der Waals surface area contributed by atoms with Crippen molar-refractivity contribution in [3.05, 3.63) is 95.6 Å². The average Bonchev–Trinajstić information content (AvgIpc) is 2.84. The van der Waals surface area contributed by atoms with Gasteiger partial charge in [-0.05, 0) is 60.4 Å². The smallest absolute Gasteiger partial charge is 0.335 e. The zero-order valence-electron chi connectivity index (χ0n) is 19.0. The number of ether oxygens (including phenoxy) is 1. The molecule has 0 aliphatic carbocycles. The van der Waals surface area contributed by atoms with Crippen molar-refractivity contribution in [2.75, 3.05) is 11.9 Å². The lowest BCUT2D eigenvalue weighted by Gasteiger charge is -2.21. The van der Waals surface area contributed by atoms with E-state index in [2.05, 4.69) is 12.2 Å². The number of anilines is 1. The summed E-state index contributed by atoms with van der Waals surface area (Å²) in [7, 11) is 0. The predicted octanol–water partition coefficient (Wildman–Crippen LogP) is 6.31. The van der Waals surface area contributed by atoms with Crippen LogP contribution in [0.15, 0.2) is 78.9 Å². The molecule has 0 saturated carbocycles. The molecule has 5 nitrogen and oxygen atoms in total. The summed E-state index contributed by atoms with van der Waals surface area (Å²) < 4.78 is 5.76. The van der Waals surface area contributed by atoms with E-state index in [0.29, 0.717) is 25.9 Å². The van der Waals surface area contributed by atoms with E-state index in [4.69, 9.17) is 9.84 Å². The van der Waals surface area contributed by atoms with Crippen molar-refractivity contribution in [3.8, 4) is 5.75 Å². The van der Waals surface area contributed by atoms with E-state index in [9.17, 15) is 9.59 Å². The number of carboxylic acid groups (broad SMARTS) is 1. The third-order valence-electron chi connectivity index (χ3n) is 5.49. The second-order valence-electron chi connectivity index (χ2n) is 8.08. The lowest BCUT2D eigenvalue weighted by Crippen LogP contribution is -2.16. The average molecular weight is 446 g/mol. The van der Waals surface area contributed by atoms with Crippen molar-refractivity contribution < 1.29 is 19.4 Å². The van der Waals surface area contributed by atoms with Crippen molar-refractivity contribution in [3.63, 3.8) is 0 Å². The van der Waals surface area contributed by atoms with Gasteiger partial charge in [-0.1, -0.05) is 55.8 Å². The number of ketones is 1. The molecular formula is C28H31NO4. The summed E-state index contributed by atoms with van der Waals surface area (Å²) in [6.45, 7) is 2.81. The summed E-state index contributed by atoms with van der Waals surface area (Å²) in [5, 5.41) is 12.5. The fraction of sp³-hybridized carbons (Fsp3) is 0.286. The molecule has 3 aromatic carbocycles. The quantitative estimate of drug-likeness (QED) is 0.302. The highest BCUT2D eigenvalue weighted by atomic mass is 16.5. The van der Waals surface area contributed by atoms with Crippen LogP contribution in [0.5, 0.6) is 5.75 Å². The van der Waals surface area contributed by atoms with Crippen LogP contribution in [0.1, 0.15) is 60.1 Å². The van der Waals surface area contributed by atoms with Gasteiger partial charge in [0.05, 0.1) is 18.2 Å². The van der Waals surface area contributed by atoms with E-state index < -0.39 is 5.97 Å². The molecule has 0 heterocycles. The molecule has 1 unspecified atom stereocenters. The van der Waals surface area contributed by atoms with Crippen LogP contribution in [-0.4, -0.2) is 23.5 Å². The fourth-order valence-corrected chi connectivity index (χ4v) is 3.55. The number of hydrogen-bond acceptors (Lipinski definition) is 4. The summed E-state index contributed by atoms with van der Waals surface area (Å²) >= 11 is 0. The molecule has 0 bridgehead atoms. The standard InChI is InChI=1S/C28H31NO4/c1-2-3-19-33-26-17-12-22(13-18-26)27(29-24-14-10-23(11-15-24)28(31)32)20-25(30)16-9-21-7-5-4-6-8-21/h4-8,10-15,17-18,27,29H,2-3,9,16,19-20H2,1H3,(H,31,32). The number of rotatable bonds is 13. The normalized spacial score (nSPS) is 11.5. The monoisotopic (exact) mass is 445 g/mol. The molecule has 0 aromatic heterocycles. The highest BCUT2D eigenvalue weighted by Crippen LogP contribution is 2.26. The van der Waals surface area contributed by atoms with Gasteiger partial charge in [0.1, 0.15) is 11.5 Å². The minimum atomic E-state index is -0.965. The predicted molar refractivity (Wildman–Crippen MR) is 131 cm³/mol. The highest BCUT2D eigenvalue weighted by molar-refractivity contribution is 5.88. The van der Waals surface area contributed by atoms with Gasteiger partial charge in [-0.3, -0.25) is 4.79 Å². The van der Waals surface area contributed by atoms with Crippen LogP contribution >= 0.6 is 0 Å². The largest absolute Gasteiger partial charge is 0.494 e. The van der Waals surface area contributed by atoms with Gasteiger partial charge < -0.3 is 15.2 Å². The van der Waals surface area contributed by atoms with Crippen LogP contribution in [0, 0.1) is 0 Å². The van der Waals surface area contributed by atoms with E-state index in [1.54, 1.807) is 24.3 Å². The molecule has 33 heavy (non-hydrogen) atoms. The minimum Gasteiger partial charge on any atom is -0.494 e. The molecule has 5 heteroatoms. The molecule has 2 N–H and O–H groups in total. The maximum atomic E-state index is 12.8. The van der Waals surface area contributed by atoms with E-state index in [1.807, 2.05) is 54.6 Å². The number of carbonyl (C=O) groups excluding carboxylic acids is 1. The van der Waals surface area contributed by atoms with Gasteiger partial charge in [0, 0.05) is 18.5 Å². The Labute approximate surface area is 195 Å². The first-order chi connectivity index (χ1) is 16.0. The van der Waals surface area contributed by atoms with Gasteiger partial charge in [0.2, 0.25) is 0 Å². The molecule has 1 atom stereocenters. The number of unbranched alkanes of at least 4 members (excludes halogenated alkanes) is 1. The van der Waals surface area contributed by atoms with E-state index in [-0.39, 0.29) is 17.4 Å². The number of Topliss-reactive ketones (excluding diaryl/α,β-unsaturated/α-hetero) is 1. The summed E-state index contributed by atoms with van der Waals surface area (Å²) in [6.07, 6.45) is 3.61. The van der Waals surface area contributed by atoms with Crippen LogP contribution < -0.4 is 10.1 Å². The molecule has 0 radical (unpaired) electrons. The second kappa shape index (κ2) is 12.4. The first kappa shape index (κ1) is 24.1. The third kappa shape index (κ3) is 7.79. The van der Waals surface area contributed by atoms with Crippen LogP contribution in [0.2, 0.25) is 0 Å². The lowest BCUT2D eigenvalue weighted by atomic mass is 9.97. The SMILES string of the molecule is CCCCOc1ccc(C(CC(=O)CCc2ccccc2)Nc2ccc(C(=O)O)cc2)cc1. The molecule has 0 amide bonds. The Balaban J connectivity index is 1.70. The zero-order valence-corrected chi connectivity index (χ0v) is 19.0. The van der Waals surface area contributed by atoms with Crippen molar-refractivity contribution in [2.45, 2.75) is 45.1 Å². The molecular weight excluding hydrogens is 414 g/mol. The Bertz CT molecular complexity index is 1010. The third-order valence-corrected chi connectivity index (χ3v) is 5.49. The molecule has 0 saturated heterocycles. The molecule has 0 aliphatic heterocycles. The van der Waals surface area contributed by atoms with E-state index in [0.717, 1.165) is 35.4 Å². The van der Waals surface area contributed by atoms with Crippen LogP contribution in [-0.2, 0) is 11.2 Å². The molecule has 0 spiro atoms. The van der Waals surface area contributed by atoms with Gasteiger partial charge in [0.15, 0.2) is 0 Å². The van der Waals surface area contributed by atoms with Gasteiger partial charge in [-0.15, -0.1) is 0 Å². The van der Waals surface area contributed by atoms with Gasteiger partial charge in [-0.25, -0.2) is 4.79 Å². The van der Waals surface area contributed by atoms with Crippen LogP contribution in [0.4, 0.5) is 5.69 Å². The number of aromatic carboxylic acids is 1. The van der Waals surface area contributed by atoms with Crippen molar-refractivity contribution in [2.24, 2.45) is 0 Å². The first-order valence-electron chi connectivity index (χ1n) is 11.4. The summed E-state index contributed by atoms with van der Waals surface area (Å²) in [5.41, 5.74) is 3.12.